The third-order valence-electron chi connectivity index (χ3n) is 3.58. The Morgan fingerprint density at radius 3 is 2.65 bits per heavy atom. The van der Waals surface area contributed by atoms with Gasteiger partial charge in [-0.15, -0.1) is 0 Å². The smallest absolute Gasteiger partial charge is 0.355 e. The number of para-hydroxylation sites is 1. The van der Waals surface area contributed by atoms with Crippen LogP contribution in [0.15, 0.2) is 46.2 Å². The molecule has 0 bridgehead atoms. The molecule has 1 aromatic carbocycles. The van der Waals surface area contributed by atoms with Crippen LogP contribution in [-0.4, -0.2) is 39.5 Å². The fourth-order valence-electron chi connectivity index (χ4n) is 2.52. The van der Waals surface area contributed by atoms with E-state index in [0.29, 0.717) is 11.3 Å². The van der Waals surface area contributed by atoms with Gasteiger partial charge in [0.1, 0.15) is 12.4 Å². The number of carbonyl (C=O) groups is 2. The van der Waals surface area contributed by atoms with Gasteiger partial charge >= 0.3 is 11.9 Å². The second-order valence-electron chi connectivity index (χ2n) is 4.83. The van der Waals surface area contributed by atoms with Crippen molar-refractivity contribution in [2.45, 2.75) is 0 Å². The third-order valence-corrected chi connectivity index (χ3v) is 3.58. The van der Waals surface area contributed by atoms with E-state index in [1.54, 1.807) is 17.2 Å². The molecule has 0 spiro atoms. The van der Waals surface area contributed by atoms with Gasteiger partial charge < -0.3 is 23.5 Å². The van der Waals surface area contributed by atoms with Gasteiger partial charge in [-0.25, -0.2) is 9.59 Å². The third kappa shape index (κ3) is 2.55. The average Bonchev–Trinajstić information content (AvgIpc) is 3.08. The number of hydrogen-bond donors (Lipinski definition) is 0. The monoisotopic (exact) mass is 317 g/mol. The normalized spacial score (nSPS) is 15.0. The number of esters is 2. The Morgan fingerprint density at radius 1 is 1.13 bits per heavy atom. The average molecular weight is 317 g/mol. The number of anilines is 1. The molecule has 0 amide bonds. The minimum absolute atomic E-state index is 0.0261. The highest BCUT2D eigenvalue weighted by Crippen LogP contribution is 2.33. The minimum atomic E-state index is -0.641. The lowest BCUT2D eigenvalue weighted by Crippen LogP contribution is -2.38. The summed E-state index contributed by atoms with van der Waals surface area (Å²) in [6.45, 7) is 0.0620. The standard InChI is InChI=1S/C16H15NO6/c1-20-15(18)11-8-22-9-17(13(11)16(19)21-2)12-5-3-4-10-6-7-23-14(10)12/h3-7H,8-9H2,1-2H3. The van der Waals surface area contributed by atoms with Gasteiger partial charge in [0.05, 0.1) is 38.4 Å². The summed E-state index contributed by atoms with van der Waals surface area (Å²) in [7, 11) is 2.50. The quantitative estimate of drug-likeness (QED) is 0.799. The molecule has 0 radical (unpaired) electrons. The first-order valence-corrected chi connectivity index (χ1v) is 6.88. The fraction of sp³-hybridized carbons (Fsp3) is 0.250. The number of fused-ring (bicyclic) bond motifs is 1. The molecule has 120 valence electrons. The number of rotatable bonds is 3. The molecule has 1 aromatic heterocycles. The number of nitrogens with zero attached hydrogens (tertiary/aromatic N) is 1. The van der Waals surface area contributed by atoms with Gasteiger partial charge in [0.15, 0.2) is 5.58 Å². The molecule has 0 N–H and O–H groups in total. The van der Waals surface area contributed by atoms with Crippen LogP contribution in [0, 0.1) is 0 Å². The number of hydrogen-bond acceptors (Lipinski definition) is 7. The number of methoxy groups -OCH3 is 2. The summed E-state index contributed by atoms with van der Waals surface area (Å²) in [6.07, 6.45) is 1.56. The van der Waals surface area contributed by atoms with E-state index < -0.39 is 11.9 Å². The van der Waals surface area contributed by atoms with Crippen LogP contribution in [0.2, 0.25) is 0 Å². The molecule has 0 aliphatic carbocycles. The first-order chi connectivity index (χ1) is 11.2. The lowest BCUT2D eigenvalue weighted by molar-refractivity contribution is -0.140. The summed E-state index contributed by atoms with van der Waals surface area (Å²) >= 11 is 0. The highest BCUT2D eigenvalue weighted by atomic mass is 16.5. The predicted octanol–water partition coefficient (Wildman–Crippen LogP) is 1.83. The van der Waals surface area contributed by atoms with Crippen LogP contribution in [0.25, 0.3) is 11.0 Å². The molecule has 0 atom stereocenters. The number of carbonyl (C=O) groups excluding carboxylic acids is 2. The Labute approximate surface area is 132 Å². The van der Waals surface area contributed by atoms with Crippen LogP contribution in [0.4, 0.5) is 5.69 Å². The summed E-state index contributed by atoms with van der Waals surface area (Å²) in [5, 5.41) is 0.872. The number of furan rings is 1. The molecule has 3 rings (SSSR count). The first kappa shape index (κ1) is 15.1. The molecule has 23 heavy (non-hydrogen) atoms. The van der Waals surface area contributed by atoms with E-state index in [9.17, 15) is 9.59 Å². The van der Waals surface area contributed by atoms with Crippen molar-refractivity contribution in [2.24, 2.45) is 0 Å². The van der Waals surface area contributed by atoms with E-state index in [0.717, 1.165) is 5.39 Å². The molecule has 0 saturated carbocycles. The molecule has 0 saturated heterocycles. The highest BCUT2D eigenvalue weighted by Gasteiger charge is 2.33. The maximum Gasteiger partial charge on any atom is 0.355 e. The van der Waals surface area contributed by atoms with Gasteiger partial charge in [-0.05, 0) is 12.1 Å². The van der Waals surface area contributed by atoms with Crippen LogP contribution in [-0.2, 0) is 23.8 Å². The van der Waals surface area contributed by atoms with Crippen molar-refractivity contribution in [2.75, 3.05) is 32.5 Å². The Balaban J connectivity index is 2.18. The maximum absolute atomic E-state index is 12.2. The van der Waals surface area contributed by atoms with Crippen LogP contribution in [0.1, 0.15) is 0 Å². The SMILES string of the molecule is COC(=O)C1=C(C(=O)OC)N(c2cccc3ccoc23)COC1. The molecule has 7 heteroatoms. The number of benzene rings is 1. The topological polar surface area (TPSA) is 78.2 Å². The van der Waals surface area contributed by atoms with E-state index in [1.165, 1.54) is 14.2 Å². The van der Waals surface area contributed by atoms with Crippen LogP contribution in [0.5, 0.6) is 0 Å². The molecular formula is C16H15NO6. The van der Waals surface area contributed by atoms with Gasteiger partial charge in [0.25, 0.3) is 0 Å². The zero-order valence-electron chi connectivity index (χ0n) is 12.7. The van der Waals surface area contributed by atoms with Crippen LogP contribution < -0.4 is 4.90 Å². The van der Waals surface area contributed by atoms with Crippen molar-refractivity contribution in [3.8, 4) is 0 Å². The van der Waals surface area contributed by atoms with Crippen molar-refractivity contribution in [3.05, 3.63) is 41.8 Å². The Morgan fingerprint density at radius 2 is 1.91 bits per heavy atom. The van der Waals surface area contributed by atoms with Crippen molar-refractivity contribution >= 4 is 28.6 Å². The Kier molecular flexibility index (Phi) is 4.03. The summed E-state index contributed by atoms with van der Waals surface area (Å²) < 4.78 is 20.5. The van der Waals surface area contributed by atoms with E-state index >= 15 is 0 Å². The minimum Gasteiger partial charge on any atom is -0.466 e. The van der Waals surface area contributed by atoms with Crippen molar-refractivity contribution in [1.29, 1.82) is 0 Å². The Hall–Kier alpha value is -2.80. The summed E-state index contributed by atoms with van der Waals surface area (Å²) in [5.74, 6) is -1.28. The molecule has 0 unspecified atom stereocenters. The van der Waals surface area contributed by atoms with Crippen LogP contribution in [0.3, 0.4) is 0 Å². The zero-order chi connectivity index (χ0) is 16.4. The lowest BCUT2D eigenvalue weighted by Gasteiger charge is -2.31. The highest BCUT2D eigenvalue weighted by molar-refractivity contribution is 6.05. The summed E-state index contributed by atoms with van der Waals surface area (Å²) in [5.41, 5.74) is 1.39. The van der Waals surface area contributed by atoms with Crippen molar-refractivity contribution < 1.29 is 28.2 Å². The van der Waals surface area contributed by atoms with E-state index in [1.807, 2.05) is 18.2 Å². The van der Waals surface area contributed by atoms with Crippen LogP contribution >= 0.6 is 0 Å². The number of ether oxygens (including phenoxy) is 3. The predicted molar refractivity (Wildman–Crippen MR) is 80.6 cm³/mol. The van der Waals surface area contributed by atoms with Crippen molar-refractivity contribution in [1.82, 2.24) is 0 Å². The summed E-state index contributed by atoms with van der Waals surface area (Å²) in [4.78, 5) is 25.8. The second kappa shape index (κ2) is 6.13. The molecule has 7 nitrogen and oxygen atoms in total. The molecule has 1 aliphatic rings. The lowest BCUT2D eigenvalue weighted by atomic mass is 10.1. The first-order valence-electron chi connectivity index (χ1n) is 6.88. The van der Waals surface area contributed by atoms with E-state index in [4.69, 9.17) is 18.6 Å². The van der Waals surface area contributed by atoms with Gasteiger partial charge in [-0.2, -0.15) is 0 Å². The van der Waals surface area contributed by atoms with E-state index in [2.05, 4.69) is 0 Å². The molecule has 0 fully saturated rings. The zero-order valence-corrected chi connectivity index (χ0v) is 12.7. The molecule has 2 heterocycles. The Bertz CT molecular complexity index is 791. The van der Waals surface area contributed by atoms with Gasteiger partial charge in [-0.3, -0.25) is 0 Å². The maximum atomic E-state index is 12.2. The van der Waals surface area contributed by atoms with Gasteiger partial charge in [0, 0.05) is 5.39 Å². The second-order valence-corrected chi connectivity index (χ2v) is 4.83. The molecule has 1 aliphatic heterocycles. The van der Waals surface area contributed by atoms with Gasteiger partial charge in [0.2, 0.25) is 0 Å². The fourth-order valence-corrected chi connectivity index (χ4v) is 2.52. The van der Waals surface area contributed by atoms with E-state index in [-0.39, 0.29) is 24.6 Å². The molecular weight excluding hydrogens is 302 g/mol. The summed E-state index contributed by atoms with van der Waals surface area (Å²) in [6, 6.07) is 7.30. The van der Waals surface area contributed by atoms with Crippen molar-refractivity contribution in [3.63, 3.8) is 0 Å². The van der Waals surface area contributed by atoms with Gasteiger partial charge in [-0.1, -0.05) is 12.1 Å². The molecule has 2 aromatic rings. The largest absolute Gasteiger partial charge is 0.466 e.